The van der Waals surface area contributed by atoms with E-state index in [1.807, 2.05) is 12.1 Å². The lowest BCUT2D eigenvalue weighted by atomic mass is 9.92. The lowest BCUT2D eigenvalue weighted by Crippen LogP contribution is -2.34. The highest BCUT2D eigenvalue weighted by Gasteiger charge is 2.25. The minimum absolute atomic E-state index is 0.0796. The number of nitrogens with zero attached hydrogens (tertiary/aromatic N) is 1. The fourth-order valence-corrected chi connectivity index (χ4v) is 3.57. The van der Waals surface area contributed by atoms with Gasteiger partial charge in [-0.3, -0.25) is 0 Å². The Morgan fingerprint density at radius 1 is 0.840 bits per heavy atom. The molecule has 0 radical (unpaired) electrons. The van der Waals surface area contributed by atoms with E-state index in [1.54, 1.807) is 0 Å². The van der Waals surface area contributed by atoms with Crippen LogP contribution in [0.2, 0.25) is 0 Å². The van der Waals surface area contributed by atoms with Gasteiger partial charge >= 0.3 is 0 Å². The first-order chi connectivity index (χ1) is 12.3. The molecule has 0 saturated heterocycles. The second-order valence-electron chi connectivity index (χ2n) is 6.16. The zero-order valence-corrected chi connectivity index (χ0v) is 15.4. The molecule has 0 N–H and O–H groups in total. The van der Waals surface area contributed by atoms with E-state index in [4.69, 9.17) is 0 Å². The second-order valence-corrected chi connectivity index (χ2v) is 7.07. The maximum Gasteiger partial charge on any atom is 0.117 e. The third-order valence-electron chi connectivity index (χ3n) is 4.57. The molecular weight excluding hydrogens is 370 g/mol. The molecule has 4 rings (SSSR count). The quantitative estimate of drug-likeness (QED) is 0.490. The van der Waals surface area contributed by atoms with Gasteiger partial charge < -0.3 is 4.90 Å². The van der Waals surface area contributed by atoms with Crippen molar-refractivity contribution in [2.45, 2.75) is 12.5 Å². The van der Waals surface area contributed by atoms with Crippen LogP contribution in [0.4, 0.5) is 5.69 Å². The number of hydrogen-bond acceptors (Lipinski definition) is 1. The molecule has 0 amide bonds. The molecule has 2 heteroatoms. The highest BCUT2D eigenvalue weighted by molar-refractivity contribution is 9.10. The van der Waals surface area contributed by atoms with Crippen molar-refractivity contribution in [3.8, 4) is 11.8 Å². The molecule has 0 saturated carbocycles. The molecule has 1 nitrogen and oxygen atoms in total. The van der Waals surface area contributed by atoms with E-state index in [0.717, 1.165) is 23.0 Å². The number of anilines is 1. The van der Waals surface area contributed by atoms with Crippen molar-refractivity contribution in [1.82, 2.24) is 0 Å². The normalized spacial score (nSPS) is 15.9. The van der Waals surface area contributed by atoms with Crippen LogP contribution in [0.5, 0.6) is 0 Å². The summed E-state index contributed by atoms with van der Waals surface area (Å²) in [5.41, 5.74) is 5.00. The summed E-state index contributed by atoms with van der Waals surface area (Å²) < 4.78 is 1.08. The summed E-state index contributed by atoms with van der Waals surface area (Å²) in [5.74, 6) is 6.89. The molecular formula is C23H18BrN. The largest absolute Gasteiger partial charge is 0.353 e. The van der Waals surface area contributed by atoms with Crippen molar-refractivity contribution >= 4 is 21.6 Å². The van der Waals surface area contributed by atoms with Gasteiger partial charge in [0, 0.05) is 22.3 Å². The molecule has 3 aromatic rings. The molecule has 122 valence electrons. The zero-order chi connectivity index (χ0) is 17.1. The molecule has 25 heavy (non-hydrogen) atoms. The average Bonchev–Trinajstić information content (AvgIpc) is 2.68. The smallest absolute Gasteiger partial charge is 0.117 e. The van der Waals surface area contributed by atoms with E-state index < -0.39 is 0 Å². The number of fused-ring (bicyclic) bond motifs is 1. The van der Waals surface area contributed by atoms with E-state index in [0.29, 0.717) is 0 Å². The Balaban J connectivity index is 1.75. The first-order valence-corrected chi connectivity index (χ1v) is 9.27. The minimum Gasteiger partial charge on any atom is -0.353 e. The first-order valence-electron chi connectivity index (χ1n) is 8.48. The fourth-order valence-electron chi connectivity index (χ4n) is 3.30. The molecule has 1 aliphatic rings. The van der Waals surface area contributed by atoms with Crippen LogP contribution in [0, 0.1) is 11.8 Å². The summed E-state index contributed by atoms with van der Waals surface area (Å²) in [4.78, 5) is 2.41. The van der Waals surface area contributed by atoms with Gasteiger partial charge in [-0.2, -0.15) is 0 Å². The number of benzene rings is 3. The Labute approximate surface area is 157 Å². The van der Waals surface area contributed by atoms with E-state index in [-0.39, 0.29) is 6.04 Å². The topological polar surface area (TPSA) is 3.24 Å². The molecule has 1 aliphatic heterocycles. The van der Waals surface area contributed by atoms with E-state index >= 15 is 0 Å². The van der Waals surface area contributed by atoms with E-state index in [9.17, 15) is 0 Å². The fraction of sp³-hybridized carbons (Fsp3) is 0.130. The van der Waals surface area contributed by atoms with Crippen molar-refractivity contribution in [2.75, 3.05) is 11.4 Å². The Morgan fingerprint density at radius 3 is 2.36 bits per heavy atom. The van der Waals surface area contributed by atoms with Crippen LogP contribution in [0.1, 0.15) is 22.7 Å². The predicted octanol–water partition coefficient (Wildman–Crippen LogP) is 5.60. The summed E-state index contributed by atoms with van der Waals surface area (Å²) in [7, 11) is 0. The van der Waals surface area contributed by atoms with Crippen LogP contribution in [0.25, 0.3) is 0 Å². The van der Waals surface area contributed by atoms with Crippen molar-refractivity contribution in [2.24, 2.45) is 0 Å². The number of halogens is 1. The first kappa shape index (κ1) is 16.0. The summed E-state index contributed by atoms with van der Waals surface area (Å²) in [6, 6.07) is 27.5. The van der Waals surface area contributed by atoms with Gasteiger partial charge in [-0.1, -0.05) is 70.2 Å². The number of rotatable bonds is 1. The van der Waals surface area contributed by atoms with E-state index in [2.05, 4.69) is 99.4 Å². The minimum atomic E-state index is 0.0796. The maximum atomic E-state index is 3.52. The Kier molecular flexibility index (Phi) is 4.59. The zero-order valence-electron chi connectivity index (χ0n) is 13.8. The van der Waals surface area contributed by atoms with Gasteiger partial charge in [0.05, 0.1) is 0 Å². The van der Waals surface area contributed by atoms with Crippen molar-refractivity contribution < 1.29 is 0 Å². The summed E-state index contributed by atoms with van der Waals surface area (Å²) in [5, 5.41) is 0. The van der Waals surface area contributed by atoms with Crippen molar-refractivity contribution in [1.29, 1.82) is 0 Å². The molecule has 1 atom stereocenters. The highest BCUT2D eigenvalue weighted by atomic mass is 79.9. The third kappa shape index (κ3) is 3.48. The lowest BCUT2D eigenvalue weighted by molar-refractivity contribution is 0.682. The molecule has 0 aromatic heterocycles. The Bertz CT molecular complexity index is 920. The second kappa shape index (κ2) is 7.17. The standard InChI is InChI=1S/C23H18BrN/c24-20-13-10-18(11-14-20)12-15-23-22-9-5-4-6-19(22)16-17-25(23)21-7-2-1-3-8-21/h1-11,13-14,23H,16-17H2. The third-order valence-corrected chi connectivity index (χ3v) is 5.10. The molecule has 0 fully saturated rings. The van der Waals surface area contributed by atoms with Crippen LogP contribution < -0.4 is 4.90 Å². The van der Waals surface area contributed by atoms with Gasteiger partial charge in [0.25, 0.3) is 0 Å². The predicted molar refractivity (Wildman–Crippen MR) is 108 cm³/mol. The van der Waals surface area contributed by atoms with Gasteiger partial charge in [0.1, 0.15) is 6.04 Å². The lowest BCUT2D eigenvalue weighted by Gasteiger charge is -2.36. The monoisotopic (exact) mass is 387 g/mol. The SMILES string of the molecule is Brc1ccc(C#CC2c3ccccc3CCN2c2ccccc2)cc1. The van der Waals surface area contributed by atoms with Crippen LogP contribution >= 0.6 is 15.9 Å². The number of hydrogen-bond donors (Lipinski definition) is 0. The van der Waals surface area contributed by atoms with Gasteiger partial charge in [0.15, 0.2) is 0 Å². The Hall–Kier alpha value is -2.50. The molecule has 0 bridgehead atoms. The average molecular weight is 388 g/mol. The molecule has 1 heterocycles. The van der Waals surface area contributed by atoms with Crippen LogP contribution in [-0.2, 0) is 6.42 Å². The molecule has 1 unspecified atom stereocenters. The van der Waals surface area contributed by atoms with Crippen LogP contribution in [-0.4, -0.2) is 6.54 Å². The van der Waals surface area contributed by atoms with Crippen molar-refractivity contribution in [3.63, 3.8) is 0 Å². The van der Waals surface area contributed by atoms with Crippen molar-refractivity contribution in [3.05, 3.63) is 100 Å². The molecule has 0 aliphatic carbocycles. The van der Waals surface area contributed by atoms with Gasteiger partial charge in [-0.15, -0.1) is 0 Å². The highest BCUT2D eigenvalue weighted by Crippen LogP contribution is 2.33. The number of para-hydroxylation sites is 1. The van der Waals surface area contributed by atoms with Crippen LogP contribution in [0.15, 0.2) is 83.3 Å². The Morgan fingerprint density at radius 2 is 1.56 bits per heavy atom. The maximum absolute atomic E-state index is 3.52. The van der Waals surface area contributed by atoms with Crippen LogP contribution in [0.3, 0.4) is 0 Å². The van der Waals surface area contributed by atoms with E-state index in [1.165, 1.54) is 16.8 Å². The van der Waals surface area contributed by atoms with Gasteiger partial charge in [0.2, 0.25) is 0 Å². The summed E-state index contributed by atoms with van der Waals surface area (Å²) in [6.45, 7) is 0.987. The van der Waals surface area contributed by atoms with Gasteiger partial charge in [-0.05, 0) is 53.9 Å². The summed E-state index contributed by atoms with van der Waals surface area (Å²) >= 11 is 3.48. The van der Waals surface area contributed by atoms with Gasteiger partial charge in [-0.25, -0.2) is 0 Å². The molecule has 3 aromatic carbocycles. The molecule has 0 spiro atoms. The summed E-state index contributed by atoms with van der Waals surface area (Å²) in [6.07, 6.45) is 1.06.